The lowest BCUT2D eigenvalue weighted by Gasteiger charge is -2.29. The third-order valence-corrected chi connectivity index (χ3v) is 6.77. The number of morpholine rings is 1. The molecule has 0 spiro atoms. The Kier molecular flexibility index (Phi) is 5.54. The first kappa shape index (κ1) is 21.5. The van der Waals surface area contributed by atoms with Crippen LogP contribution in [0, 0.1) is 0 Å². The van der Waals surface area contributed by atoms with Crippen molar-refractivity contribution in [1.29, 1.82) is 0 Å². The molecule has 1 fully saturated rings. The van der Waals surface area contributed by atoms with Crippen molar-refractivity contribution in [3.8, 4) is 0 Å². The third-order valence-electron chi connectivity index (χ3n) is 6.77. The standard InChI is InChI=1S/C26H26N6O3/c33-25(23-19-8-4-5-9-21(19)27-28-23)31-11-10-22-20(17-31)24(26(34)30-12-14-35-15-13-30)29-32(22)16-18-6-2-1-3-7-18/h1-9H,10-17H2,(H,27,28). The van der Waals surface area contributed by atoms with Crippen molar-refractivity contribution < 1.29 is 14.3 Å². The van der Waals surface area contributed by atoms with E-state index in [1.165, 1.54) is 0 Å². The molecule has 1 saturated heterocycles. The minimum Gasteiger partial charge on any atom is -0.378 e. The maximum absolute atomic E-state index is 13.5. The summed E-state index contributed by atoms with van der Waals surface area (Å²) < 4.78 is 7.36. The van der Waals surface area contributed by atoms with Gasteiger partial charge in [-0.1, -0.05) is 48.5 Å². The minimum atomic E-state index is -0.145. The number of ether oxygens (including phenoxy) is 1. The van der Waals surface area contributed by atoms with Crippen LogP contribution in [-0.2, 0) is 24.2 Å². The number of nitrogens with one attached hydrogen (secondary N) is 1. The zero-order valence-electron chi connectivity index (χ0n) is 19.3. The van der Waals surface area contributed by atoms with Crippen LogP contribution < -0.4 is 0 Å². The highest BCUT2D eigenvalue weighted by Gasteiger charge is 2.33. The van der Waals surface area contributed by atoms with Gasteiger partial charge in [0.25, 0.3) is 11.8 Å². The van der Waals surface area contributed by atoms with Crippen LogP contribution >= 0.6 is 0 Å². The molecule has 4 heterocycles. The number of H-pyrrole nitrogens is 1. The molecule has 2 aromatic carbocycles. The van der Waals surface area contributed by atoms with Crippen molar-refractivity contribution in [1.82, 2.24) is 29.8 Å². The number of amides is 2. The van der Waals surface area contributed by atoms with Crippen molar-refractivity contribution in [2.45, 2.75) is 19.5 Å². The Morgan fingerprint density at radius 3 is 2.46 bits per heavy atom. The molecule has 4 aromatic rings. The summed E-state index contributed by atoms with van der Waals surface area (Å²) in [6.45, 7) is 3.58. The minimum absolute atomic E-state index is 0.101. The third kappa shape index (κ3) is 3.97. The molecule has 2 aromatic heterocycles. The molecule has 9 heteroatoms. The molecule has 2 amide bonds. The fourth-order valence-electron chi connectivity index (χ4n) is 4.92. The van der Waals surface area contributed by atoms with Gasteiger partial charge in [-0.25, -0.2) is 0 Å². The molecular weight excluding hydrogens is 444 g/mol. The predicted molar refractivity (Wildman–Crippen MR) is 129 cm³/mol. The van der Waals surface area contributed by atoms with E-state index in [9.17, 15) is 9.59 Å². The molecule has 6 rings (SSSR count). The van der Waals surface area contributed by atoms with Crippen molar-refractivity contribution in [2.75, 3.05) is 32.8 Å². The number of benzene rings is 2. The molecule has 178 valence electrons. The van der Waals surface area contributed by atoms with Crippen molar-refractivity contribution in [3.63, 3.8) is 0 Å². The van der Waals surface area contributed by atoms with Gasteiger partial charge in [-0.2, -0.15) is 10.2 Å². The van der Waals surface area contributed by atoms with E-state index in [1.54, 1.807) is 9.80 Å². The van der Waals surface area contributed by atoms with Crippen LogP contribution in [0.15, 0.2) is 54.6 Å². The van der Waals surface area contributed by atoms with Crippen LogP contribution in [0.4, 0.5) is 0 Å². The lowest BCUT2D eigenvalue weighted by Crippen LogP contribution is -2.42. The molecule has 9 nitrogen and oxygen atoms in total. The Hall–Kier alpha value is -3.98. The topological polar surface area (TPSA) is 96.3 Å². The molecule has 0 saturated carbocycles. The predicted octanol–water partition coefficient (Wildman–Crippen LogP) is 2.48. The number of para-hydroxylation sites is 1. The van der Waals surface area contributed by atoms with E-state index in [4.69, 9.17) is 9.84 Å². The fraction of sp³-hybridized carbons (Fsp3) is 0.308. The van der Waals surface area contributed by atoms with Gasteiger partial charge in [0.05, 0.1) is 31.8 Å². The molecular formula is C26H26N6O3. The largest absolute Gasteiger partial charge is 0.378 e. The fourth-order valence-corrected chi connectivity index (χ4v) is 4.92. The van der Waals surface area contributed by atoms with Gasteiger partial charge in [0.15, 0.2) is 11.4 Å². The second-order valence-corrected chi connectivity index (χ2v) is 8.92. The zero-order valence-corrected chi connectivity index (χ0v) is 19.3. The van der Waals surface area contributed by atoms with Gasteiger partial charge in [-0.3, -0.25) is 19.4 Å². The summed E-state index contributed by atoms with van der Waals surface area (Å²) in [7, 11) is 0. The van der Waals surface area contributed by atoms with Crippen molar-refractivity contribution in [2.24, 2.45) is 0 Å². The number of rotatable bonds is 4. The smallest absolute Gasteiger partial charge is 0.275 e. The molecule has 0 atom stereocenters. The summed E-state index contributed by atoms with van der Waals surface area (Å²) in [6, 6.07) is 17.7. The first-order chi connectivity index (χ1) is 17.2. The molecule has 2 aliphatic heterocycles. The average molecular weight is 471 g/mol. The van der Waals surface area contributed by atoms with Gasteiger partial charge < -0.3 is 14.5 Å². The van der Waals surface area contributed by atoms with Gasteiger partial charge >= 0.3 is 0 Å². The highest BCUT2D eigenvalue weighted by Crippen LogP contribution is 2.27. The van der Waals surface area contributed by atoms with E-state index < -0.39 is 0 Å². The van der Waals surface area contributed by atoms with Crippen molar-refractivity contribution >= 4 is 22.7 Å². The Balaban J connectivity index is 1.34. The molecule has 2 aliphatic rings. The van der Waals surface area contributed by atoms with E-state index >= 15 is 0 Å². The lowest BCUT2D eigenvalue weighted by molar-refractivity contribution is 0.0296. The Morgan fingerprint density at radius 1 is 0.886 bits per heavy atom. The Morgan fingerprint density at radius 2 is 1.63 bits per heavy atom. The van der Waals surface area contributed by atoms with Crippen LogP contribution in [0.25, 0.3) is 10.9 Å². The summed E-state index contributed by atoms with van der Waals surface area (Å²) in [6.07, 6.45) is 0.625. The number of carbonyl (C=O) groups is 2. The van der Waals surface area contributed by atoms with Gasteiger partial charge in [0, 0.05) is 42.7 Å². The maximum Gasteiger partial charge on any atom is 0.275 e. The summed E-state index contributed by atoms with van der Waals surface area (Å²) in [5.74, 6) is -0.246. The molecule has 1 N–H and O–H groups in total. The monoisotopic (exact) mass is 470 g/mol. The van der Waals surface area contributed by atoms with Crippen molar-refractivity contribution in [3.05, 3.63) is 82.8 Å². The van der Waals surface area contributed by atoms with Crippen LogP contribution in [0.3, 0.4) is 0 Å². The maximum atomic E-state index is 13.5. The molecule has 0 unspecified atom stereocenters. The normalized spacial score (nSPS) is 15.9. The number of fused-ring (bicyclic) bond motifs is 2. The van der Waals surface area contributed by atoms with Crippen LogP contribution in [-0.4, -0.2) is 74.4 Å². The summed E-state index contributed by atoms with van der Waals surface area (Å²) >= 11 is 0. The van der Waals surface area contributed by atoms with Gasteiger partial charge in [0.2, 0.25) is 0 Å². The second kappa shape index (κ2) is 8.99. The number of hydrogen-bond acceptors (Lipinski definition) is 5. The van der Waals surface area contributed by atoms with Crippen LogP contribution in [0.2, 0.25) is 0 Å². The number of aromatic nitrogens is 4. The van der Waals surface area contributed by atoms with E-state index in [-0.39, 0.29) is 11.8 Å². The quantitative estimate of drug-likeness (QED) is 0.494. The molecule has 0 aliphatic carbocycles. The van der Waals surface area contributed by atoms with Crippen LogP contribution in [0.1, 0.15) is 37.8 Å². The highest BCUT2D eigenvalue weighted by molar-refractivity contribution is 6.04. The van der Waals surface area contributed by atoms with Crippen LogP contribution in [0.5, 0.6) is 0 Å². The second-order valence-electron chi connectivity index (χ2n) is 8.92. The molecule has 35 heavy (non-hydrogen) atoms. The van der Waals surface area contributed by atoms with E-state index in [0.717, 1.165) is 27.7 Å². The highest BCUT2D eigenvalue weighted by atomic mass is 16.5. The lowest BCUT2D eigenvalue weighted by atomic mass is 10.0. The molecule has 0 radical (unpaired) electrons. The number of carbonyl (C=O) groups excluding carboxylic acids is 2. The van der Waals surface area contributed by atoms with Gasteiger partial charge in [0.1, 0.15) is 0 Å². The number of nitrogens with zero attached hydrogens (tertiary/aromatic N) is 5. The number of aromatic amines is 1. The Bertz CT molecular complexity index is 1390. The Labute approximate surface area is 202 Å². The van der Waals surface area contributed by atoms with Gasteiger partial charge in [-0.05, 0) is 11.6 Å². The zero-order chi connectivity index (χ0) is 23.8. The van der Waals surface area contributed by atoms with E-state index in [2.05, 4.69) is 22.3 Å². The summed E-state index contributed by atoms with van der Waals surface area (Å²) in [4.78, 5) is 30.5. The molecule has 0 bridgehead atoms. The van der Waals surface area contributed by atoms with E-state index in [0.29, 0.717) is 63.7 Å². The summed E-state index contributed by atoms with van der Waals surface area (Å²) in [5.41, 5.74) is 4.62. The first-order valence-corrected chi connectivity index (χ1v) is 11.9. The number of hydrogen-bond donors (Lipinski definition) is 1. The average Bonchev–Trinajstić information content (AvgIpc) is 3.50. The summed E-state index contributed by atoms with van der Waals surface area (Å²) in [5, 5.41) is 12.8. The van der Waals surface area contributed by atoms with E-state index in [1.807, 2.05) is 47.1 Å². The first-order valence-electron chi connectivity index (χ1n) is 11.9. The SMILES string of the molecule is O=C(c1nn(Cc2ccccc2)c2c1CN(C(=O)c1n[nH]c3ccccc13)CC2)N1CCOCC1. The van der Waals surface area contributed by atoms with Gasteiger partial charge in [-0.15, -0.1) is 0 Å².